The third-order valence-corrected chi connectivity index (χ3v) is 9.74. The van der Waals surface area contributed by atoms with Crippen molar-refractivity contribution in [2.45, 2.75) is 4.90 Å². The van der Waals surface area contributed by atoms with Crippen LogP contribution in [0.25, 0.3) is 6.08 Å². The Hall–Kier alpha value is -4.53. The van der Waals surface area contributed by atoms with Gasteiger partial charge in [-0.1, -0.05) is 48.3 Å². The van der Waals surface area contributed by atoms with Crippen LogP contribution in [0.4, 0.5) is 28.4 Å². The first-order chi connectivity index (χ1) is 26.9. The van der Waals surface area contributed by atoms with Crippen LogP contribution < -0.4 is 110 Å². The van der Waals surface area contributed by atoms with Gasteiger partial charge in [-0.25, -0.2) is 8.42 Å². The molecule has 0 aliphatic heterocycles. The summed E-state index contributed by atoms with van der Waals surface area (Å²) in [6.07, 6.45) is 13.5. The van der Waals surface area contributed by atoms with Gasteiger partial charge in [0.05, 0.1) is 44.2 Å². The molecule has 0 aromatic heterocycles. The summed E-state index contributed by atoms with van der Waals surface area (Å²) in [6.45, 7) is 0. The van der Waals surface area contributed by atoms with Crippen molar-refractivity contribution in [3.63, 3.8) is 0 Å². The summed E-state index contributed by atoms with van der Waals surface area (Å²) in [6, 6.07) is 9.11. The Labute approximate surface area is 406 Å². The van der Waals surface area contributed by atoms with E-state index in [2.05, 4.69) is 31.0 Å². The van der Waals surface area contributed by atoms with Crippen LogP contribution in [-0.4, -0.2) is 59.8 Å². The van der Waals surface area contributed by atoms with E-state index in [1.807, 2.05) is 0 Å². The first-order valence-electron chi connectivity index (χ1n) is 15.7. The van der Waals surface area contributed by atoms with Gasteiger partial charge in [-0.15, -0.1) is 15.3 Å². The number of carbonyl (C=O) groups excluding carboxylic acids is 2. The van der Waals surface area contributed by atoms with Gasteiger partial charge in [-0.3, -0.25) is 24.9 Å². The van der Waals surface area contributed by atoms with Crippen LogP contribution in [0.5, 0.6) is 5.75 Å². The predicted octanol–water partition coefficient (Wildman–Crippen LogP) is -5.82. The molecule has 0 atom stereocenters. The Morgan fingerprint density at radius 1 is 0.833 bits per heavy atom. The van der Waals surface area contributed by atoms with Crippen LogP contribution >= 0.6 is 0 Å². The minimum Gasteiger partial charge on any atom is -0.872 e. The molecule has 0 saturated carbocycles. The number of carboxylic acids is 1. The first-order valence-corrected chi connectivity index (χ1v) is 18.6. The van der Waals surface area contributed by atoms with Crippen molar-refractivity contribution in [1.82, 2.24) is 0 Å². The fourth-order valence-corrected chi connectivity index (χ4v) is 6.65. The standard InChI is InChI=1S/C35H24N8O12S2.3Na/c36-31-30-20(15-28(56(50,51)52)32(31)41-40-25-3-1-2-4-26(25)43(48)49)16-29(57(53,54)55)33(34(30)45)42-38-22-11-7-19(8-12-22)18-5-9-21(10-6-18)37-39-23-13-14-27(44)24(17-23)35(46)47;;;/h1-17,39,44H,36H2,(H,46,47)(H,50,51,52)(H,53,54,55);;;/q;3*+1/p-3. The molecule has 0 fully saturated rings. The number of anilines is 2. The number of nitro benzene ring substituents is 1. The van der Waals surface area contributed by atoms with E-state index in [0.29, 0.717) is 29.0 Å². The largest absolute Gasteiger partial charge is 1.00 e. The average molecular weight is 879 g/mol. The molecule has 3 aliphatic carbocycles. The van der Waals surface area contributed by atoms with Crippen molar-refractivity contribution in [1.29, 1.82) is 0 Å². The number of azo groups is 1. The van der Waals surface area contributed by atoms with Crippen LogP contribution in [-0.2, 0) is 20.2 Å². The topological polar surface area (TPSA) is 335 Å². The van der Waals surface area contributed by atoms with Gasteiger partial charge in [0, 0.05) is 6.07 Å². The van der Waals surface area contributed by atoms with Crippen LogP contribution in [0.3, 0.4) is 0 Å². The minimum atomic E-state index is -5.47. The molecule has 20 nitrogen and oxygen atoms in total. The summed E-state index contributed by atoms with van der Waals surface area (Å²) in [5, 5.41) is 53.4. The molecule has 4 N–H and O–H groups in total. The summed E-state index contributed by atoms with van der Waals surface area (Å²) >= 11 is 0. The number of nitrogens with one attached hydrogen (secondary N) is 1. The fraction of sp³-hybridized carbons (Fsp3) is 0. The van der Waals surface area contributed by atoms with E-state index in [4.69, 9.17) is 5.73 Å². The second-order valence-electron chi connectivity index (χ2n) is 11.7. The second kappa shape index (κ2) is 20.4. The molecule has 6 rings (SSSR count). The number of Topliss-reactive ketones (excluding diaryl/α,β-unsaturated/α-hetero) is 1. The van der Waals surface area contributed by atoms with E-state index in [1.165, 1.54) is 36.4 Å². The van der Waals surface area contributed by atoms with Crippen molar-refractivity contribution < 1.29 is 139 Å². The Bertz CT molecular complexity index is 2850. The van der Waals surface area contributed by atoms with E-state index in [1.54, 1.807) is 36.5 Å². The number of benzene rings is 3. The van der Waals surface area contributed by atoms with E-state index in [-0.39, 0.29) is 106 Å². The van der Waals surface area contributed by atoms with Crippen molar-refractivity contribution in [3.05, 3.63) is 140 Å². The molecular formula is C35H21N8Na3O12S2. The van der Waals surface area contributed by atoms with E-state index in [0.717, 1.165) is 18.2 Å². The molecule has 0 heterocycles. The summed E-state index contributed by atoms with van der Waals surface area (Å²) < 4.78 is 71.5. The number of hydrogen-bond acceptors (Lipinski definition) is 18. The Kier molecular flexibility index (Phi) is 16.9. The monoisotopic (exact) mass is 878 g/mol. The third kappa shape index (κ3) is 11.2. The molecule has 0 bridgehead atoms. The molecule has 3 aromatic carbocycles. The van der Waals surface area contributed by atoms with E-state index < -0.39 is 91.9 Å². The molecule has 0 saturated heterocycles. The number of hydrogen-bond donors (Lipinski definition) is 3. The second-order valence-corrected chi connectivity index (χ2v) is 14.4. The van der Waals surface area contributed by atoms with Crippen molar-refractivity contribution in [3.8, 4) is 5.75 Å². The number of aromatic carboxylic acids is 1. The third-order valence-electron chi connectivity index (χ3n) is 8.03. The number of fused-ring (bicyclic) bond motifs is 1. The number of nitrogen functional groups attached to an aromatic ring is 1. The van der Waals surface area contributed by atoms with Crippen molar-refractivity contribution >= 4 is 83.6 Å². The molecule has 288 valence electrons. The van der Waals surface area contributed by atoms with Crippen LogP contribution in [0, 0.1) is 10.1 Å². The van der Waals surface area contributed by atoms with Gasteiger partial charge in [0.2, 0.25) is 5.78 Å². The predicted molar refractivity (Wildman–Crippen MR) is 200 cm³/mol. The molecule has 0 amide bonds. The van der Waals surface area contributed by atoms with Gasteiger partial charge in [0.25, 0.3) is 15.8 Å². The Morgan fingerprint density at radius 2 is 1.43 bits per heavy atom. The molecule has 3 aliphatic rings. The zero-order valence-electron chi connectivity index (χ0n) is 31.3. The normalized spacial score (nSPS) is 15.1. The number of para-hydroxylation sites is 1. The van der Waals surface area contributed by atoms with Crippen LogP contribution in [0.2, 0.25) is 0 Å². The maximum Gasteiger partial charge on any atom is 1.00 e. The number of nitro groups is 1. The molecular weight excluding hydrogens is 858 g/mol. The van der Waals surface area contributed by atoms with Crippen molar-refractivity contribution in [2.24, 2.45) is 25.5 Å². The summed E-state index contributed by atoms with van der Waals surface area (Å²) in [5.74, 6) is -3.61. The van der Waals surface area contributed by atoms with Gasteiger partial charge < -0.3 is 25.3 Å². The summed E-state index contributed by atoms with van der Waals surface area (Å²) in [5.41, 5.74) is 5.93. The van der Waals surface area contributed by atoms with Gasteiger partial charge in [-0.2, -0.15) is 18.6 Å². The smallest absolute Gasteiger partial charge is 0.872 e. The Balaban J connectivity index is 0.00000320. The quantitative estimate of drug-likeness (QED) is 0.0451. The van der Waals surface area contributed by atoms with Crippen LogP contribution in [0.15, 0.2) is 144 Å². The number of carboxylic acid groups (broad SMARTS) is 1. The fourth-order valence-electron chi connectivity index (χ4n) is 5.33. The van der Waals surface area contributed by atoms with Gasteiger partial charge in [0.15, 0.2) is 11.4 Å². The zero-order valence-corrected chi connectivity index (χ0v) is 39.0. The molecule has 0 unspecified atom stereocenters. The molecule has 3 aromatic rings. The minimum absolute atomic E-state index is 0. The molecule has 60 heavy (non-hydrogen) atoms. The number of nitrogens with zero attached hydrogens (tertiary/aromatic N) is 6. The number of carbonyl (C=O) groups is 2. The SMILES string of the molecule is Nc1c(N=Nc2ccccc2[N+](=O)[O-])c(S(=O)(=O)O)cc2c1C(=O)C(=NN=C1C=CC(=C3C=CC(=NNc4ccc([O-])c(C(=O)[O-])c4)C=C3)C=C1)C(S(=O)(=O)[O-])=C2.[Na+].[Na+].[Na+]. The number of hydrazone groups is 1. The van der Waals surface area contributed by atoms with E-state index >= 15 is 0 Å². The summed E-state index contributed by atoms with van der Waals surface area (Å²) in [7, 11) is -10.7. The molecule has 25 heteroatoms. The average Bonchev–Trinajstić information content (AvgIpc) is 3.16. The summed E-state index contributed by atoms with van der Waals surface area (Å²) in [4.78, 5) is 33.3. The Morgan fingerprint density at radius 3 is 2.00 bits per heavy atom. The maximum atomic E-state index is 13.8. The van der Waals surface area contributed by atoms with Crippen LogP contribution in [0.1, 0.15) is 26.3 Å². The maximum absolute atomic E-state index is 13.8. The van der Waals surface area contributed by atoms with E-state index in [9.17, 15) is 55.9 Å². The number of nitrogens with two attached hydrogens (primary N) is 1. The van der Waals surface area contributed by atoms with Gasteiger partial charge >= 0.3 is 88.7 Å². The molecule has 0 spiro atoms. The number of allylic oxidation sites excluding steroid dienone is 11. The number of rotatable bonds is 9. The molecule has 0 radical (unpaired) electrons. The van der Waals surface area contributed by atoms with Crippen molar-refractivity contribution in [2.75, 3.05) is 11.2 Å². The zero-order chi connectivity index (χ0) is 41.2. The van der Waals surface area contributed by atoms with Gasteiger partial charge in [-0.05, 0) is 76.9 Å². The number of ketones is 1. The first kappa shape index (κ1) is 49.8. The van der Waals surface area contributed by atoms with Gasteiger partial charge in [0.1, 0.15) is 20.7 Å².